The molecule has 0 spiro atoms. The Kier molecular flexibility index (Phi) is 4.95. The van der Waals surface area contributed by atoms with Crippen LogP contribution < -0.4 is 10.6 Å². The smallest absolute Gasteiger partial charge is 0.319 e. The Labute approximate surface area is 124 Å². The normalized spacial score (nSPS) is 10.2. The van der Waals surface area contributed by atoms with Crippen molar-refractivity contribution in [3.05, 3.63) is 64.7 Å². The highest BCUT2D eigenvalue weighted by Crippen LogP contribution is 2.17. The second-order valence-electron chi connectivity index (χ2n) is 4.98. The molecule has 0 unspecified atom stereocenters. The SMILES string of the molecule is Cc1cccc(NC(=O)NCc2ccccc2CO)c1C. The van der Waals surface area contributed by atoms with Crippen molar-refractivity contribution in [3.8, 4) is 0 Å². The molecular formula is C17H20N2O2. The Morgan fingerprint density at radius 2 is 1.76 bits per heavy atom. The summed E-state index contributed by atoms with van der Waals surface area (Å²) in [5.41, 5.74) is 4.74. The number of anilines is 1. The molecule has 0 aromatic heterocycles. The molecule has 0 aliphatic carbocycles. The third kappa shape index (κ3) is 3.83. The average molecular weight is 284 g/mol. The first-order chi connectivity index (χ1) is 10.1. The van der Waals surface area contributed by atoms with E-state index in [4.69, 9.17) is 0 Å². The largest absolute Gasteiger partial charge is 0.392 e. The molecule has 3 N–H and O–H groups in total. The summed E-state index contributed by atoms with van der Waals surface area (Å²) in [5, 5.41) is 14.9. The van der Waals surface area contributed by atoms with Crippen LogP contribution in [-0.2, 0) is 13.2 Å². The number of amides is 2. The van der Waals surface area contributed by atoms with E-state index in [1.807, 2.05) is 56.3 Å². The Morgan fingerprint density at radius 3 is 2.48 bits per heavy atom. The lowest BCUT2D eigenvalue weighted by Gasteiger charge is -2.12. The van der Waals surface area contributed by atoms with Crippen LogP contribution in [0.1, 0.15) is 22.3 Å². The van der Waals surface area contributed by atoms with Crippen molar-refractivity contribution in [1.29, 1.82) is 0 Å². The number of urea groups is 1. The molecule has 110 valence electrons. The van der Waals surface area contributed by atoms with E-state index in [1.165, 1.54) is 0 Å². The van der Waals surface area contributed by atoms with Crippen LogP contribution in [0, 0.1) is 13.8 Å². The summed E-state index contributed by atoms with van der Waals surface area (Å²) in [5.74, 6) is 0. The molecule has 21 heavy (non-hydrogen) atoms. The number of carbonyl (C=O) groups is 1. The third-order valence-corrected chi connectivity index (χ3v) is 3.58. The molecule has 4 nitrogen and oxygen atoms in total. The maximum atomic E-state index is 12.0. The number of aryl methyl sites for hydroxylation is 1. The number of hydrogen-bond acceptors (Lipinski definition) is 2. The zero-order chi connectivity index (χ0) is 15.2. The van der Waals surface area contributed by atoms with Crippen LogP contribution in [0.25, 0.3) is 0 Å². The highest BCUT2D eigenvalue weighted by molar-refractivity contribution is 5.90. The number of rotatable bonds is 4. The van der Waals surface area contributed by atoms with E-state index in [0.717, 1.165) is 27.9 Å². The van der Waals surface area contributed by atoms with Gasteiger partial charge in [0.25, 0.3) is 0 Å². The Morgan fingerprint density at radius 1 is 1.05 bits per heavy atom. The summed E-state index contributed by atoms with van der Waals surface area (Å²) in [6.45, 7) is 4.34. The highest BCUT2D eigenvalue weighted by Gasteiger charge is 2.06. The van der Waals surface area contributed by atoms with Gasteiger partial charge in [-0.2, -0.15) is 0 Å². The van der Waals surface area contributed by atoms with Crippen molar-refractivity contribution >= 4 is 11.7 Å². The first-order valence-electron chi connectivity index (χ1n) is 6.90. The Bertz CT molecular complexity index is 638. The van der Waals surface area contributed by atoms with Crippen LogP contribution in [0.2, 0.25) is 0 Å². The second-order valence-corrected chi connectivity index (χ2v) is 4.98. The van der Waals surface area contributed by atoms with Crippen molar-refractivity contribution in [2.45, 2.75) is 27.0 Å². The zero-order valence-electron chi connectivity index (χ0n) is 12.3. The van der Waals surface area contributed by atoms with Crippen LogP contribution in [0.3, 0.4) is 0 Å². The predicted molar refractivity (Wildman–Crippen MR) is 84.1 cm³/mol. The summed E-state index contributed by atoms with van der Waals surface area (Å²) in [6.07, 6.45) is 0. The number of carbonyl (C=O) groups excluding carboxylic acids is 1. The quantitative estimate of drug-likeness (QED) is 0.808. The molecule has 0 aliphatic heterocycles. The number of aliphatic hydroxyl groups is 1. The molecule has 2 amide bonds. The molecule has 4 heteroatoms. The maximum absolute atomic E-state index is 12.0. The van der Waals surface area contributed by atoms with Crippen molar-refractivity contribution < 1.29 is 9.90 Å². The molecule has 0 aliphatic rings. The Hall–Kier alpha value is -2.33. The number of nitrogens with one attached hydrogen (secondary N) is 2. The van der Waals surface area contributed by atoms with Gasteiger partial charge in [0.1, 0.15) is 0 Å². The van der Waals surface area contributed by atoms with Crippen molar-refractivity contribution in [3.63, 3.8) is 0 Å². The summed E-state index contributed by atoms with van der Waals surface area (Å²) < 4.78 is 0. The van der Waals surface area contributed by atoms with Gasteiger partial charge in [-0.15, -0.1) is 0 Å². The van der Waals surface area contributed by atoms with E-state index >= 15 is 0 Å². The fourth-order valence-electron chi connectivity index (χ4n) is 2.11. The number of hydrogen-bond donors (Lipinski definition) is 3. The lowest BCUT2D eigenvalue weighted by molar-refractivity contribution is 0.251. The van der Waals surface area contributed by atoms with E-state index in [0.29, 0.717) is 6.54 Å². The van der Waals surface area contributed by atoms with Crippen LogP contribution in [0.4, 0.5) is 10.5 Å². The topological polar surface area (TPSA) is 61.4 Å². The van der Waals surface area contributed by atoms with E-state index in [1.54, 1.807) is 0 Å². The fraction of sp³-hybridized carbons (Fsp3) is 0.235. The lowest BCUT2D eigenvalue weighted by atomic mass is 10.1. The minimum absolute atomic E-state index is 0.0313. The first kappa shape index (κ1) is 15.1. The summed E-state index contributed by atoms with van der Waals surface area (Å²) >= 11 is 0. The van der Waals surface area contributed by atoms with Gasteiger partial charge in [-0.05, 0) is 42.2 Å². The standard InChI is InChI=1S/C17H20N2O2/c1-12-6-5-9-16(13(12)2)19-17(21)18-10-14-7-3-4-8-15(14)11-20/h3-9,20H,10-11H2,1-2H3,(H2,18,19,21). The minimum atomic E-state index is -0.253. The zero-order valence-corrected chi connectivity index (χ0v) is 12.3. The second kappa shape index (κ2) is 6.90. The van der Waals surface area contributed by atoms with Crippen molar-refractivity contribution in [2.24, 2.45) is 0 Å². The third-order valence-electron chi connectivity index (χ3n) is 3.58. The minimum Gasteiger partial charge on any atom is -0.392 e. The van der Waals surface area contributed by atoms with Gasteiger partial charge in [0.05, 0.1) is 6.61 Å². The summed E-state index contributed by atoms with van der Waals surface area (Å²) in [4.78, 5) is 12.0. The molecule has 2 rings (SSSR count). The monoisotopic (exact) mass is 284 g/mol. The van der Waals surface area contributed by atoms with Crippen LogP contribution in [-0.4, -0.2) is 11.1 Å². The molecule has 0 radical (unpaired) electrons. The highest BCUT2D eigenvalue weighted by atomic mass is 16.3. The Balaban J connectivity index is 1.98. The summed E-state index contributed by atoms with van der Waals surface area (Å²) in [7, 11) is 0. The van der Waals surface area contributed by atoms with E-state index < -0.39 is 0 Å². The van der Waals surface area contributed by atoms with Crippen LogP contribution in [0.15, 0.2) is 42.5 Å². The molecule has 0 saturated heterocycles. The molecule has 0 heterocycles. The fourth-order valence-corrected chi connectivity index (χ4v) is 2.11. The van der Waals surface area contributed by atoms with E-state index in [-0.39, 0.29) is 12.6 Å². The number of benzene rings is 2. The first-order valence-corrected chi connectivity index (χ1v) is 6.90. The predicted octanol–water partition coefficient (Wildman–Crippen LogP) is 3.12. The lowest BCUT2D eigenvalue weighted by Crippen LogP contribution is -2.28. The van der Waals surface area contributed by atoms with Gasteiger partial charge in [-0.1, -0.05) is 36.4 Å². The van der Waals surface area contributed by atoms with Gasteiger partial charge in [0.15, 0.2) is 0 Å². The van der Waals surface area contributed by atoms with Gasteiger partial charge in [0.2, 0.25) is 0 Å². The van der Waals surface area contributed by atoms with Gasteiger partial charge >= 0.3 is 6.03 Å². The molecule has 0 atom stereocenters. The van der Waals surface area contributed by atoms with Gasteiger partial charge in [-0.3, -0.25) is 0 Å². The average Bonchev–Trinajstić information content (AvgIpc) is 2.50. The summed E-state index contributed by atoms with van der Waals surface area (Å²) in [6, 6.07) is 13.0. The van der Waals surface area contributed by atoms with Gasteiger partial charge in [-0.25, -0.2) is 4.79 Å². The van der Waals surface area contributed by atoms with Gasteiger partial charge < -0.3 is 15.7 Å². The van der Waals surface area contributed by atoms with Crippen LogP contribution in [0.5, 0.6) is 0 Å². The molecule has 2 aromatic carbocycles. The van der Waals surface area contributed by atoms with E-state index in [2.05, 4.69) is 10.6 Å². The van der Waals surface area contributed by atoms with E-state index in [9.17, 15) is 9.90 Å². The molecule has 2 aromatic rings. The molecule has 0 saturated carbocycles. The molecular weight excluding hydrogens is 264 g/mol. The number of aliphatic hydroxyl groups excluding tert-OH is 1. The molecule has 0 fully saturated rings. The molecule has 0 bridgehead atoms. The van der Waals surface area contributed by atoms with Gasteiger partial charge in [0, 0.05) is 12.2 Å². The van der Waals surface area contributed by atoms with Crippen molar-refractivity contribution in [2.75, 3.05) is 5.32 Å². The van der Waals surface area contributed by atoms with Crippen molar-refractivity contribution in [1.82, 2.24) is 5.32 Å². The van der Waals surface area contributed by atoms with Crippen LogP contribution >= 0.6 is 0 Å². The maximum Gasteiger partial charge on any atom is 0.319 e.